The van der Waals surface area contributed by atoms with Gasteiger partial charge in [0, 0.05) is 6.61 Å². The molecule has 0 amide bonds. The van der Waals surface area contributed by atoms with E-state index in [0.29, 0.717) is 18.8 Å². The summed E-state index contributed by atoms with van der Waals surface area (Å²) in [5.74, 6) is 0.889. The second-order valence-corrected chi connectivity index (χ2v) is 4.80. The van der Waals surface area contributed by atoms with Crippen molar-refractivity contribution in [1.29, 1.82) is 0 Å². The molecule has 0 heterocycles. The summed E-state index contributed by atoms with van der Waals surface area (Å²) in [5.41, 5.74) is 0. The second kappa shape index (κ2) is 5.66. The van der Waals surface area contributed by atoms with E-state index in [1.807, 2.05) is 6.08 Å². The first-order valence-corrected chi connectivity index (χ1v) is 6.22. The van der Waals surface area contributed by atoms with Gasteiger partial charge >= 0.3 is 0 Å². The highest BCUT2D eigenvalue weighted by molar-refractivity contribution is 4.77. The van der Waals surface area contributed by atoms with Gasteiger partial charge in [-0.15, -0.1) is 6.58 Å². The van der Waals surface area contributed by atoms with Crippen LogP contribution in [0.3, 0.4) is 0 Å². The van der Waals surface area contributed by atoms with E-state index in [1.165, 1.54) is 25.7 Å². The number of rotatable bonds is 6. The maximum atomic E-state index is 5.88. The van der Waals surface area contributed by atoms with E-state index in [2.05, 4.69) is 6.58 Å². The van der Waals surface area contributed by atoms with Crippen molar-refractivity contribution in [2.24, 2.45) is 5.92 Å². The molecular formula is C13H22O2. The largest absolute Gasteiger partial charge is 0.378 e. The zero-order valence-electron chi connectivity index (χ0n) is 9.49. The zero-order valence-corrected chi connectivity index (χ0v) is 9.49. The second-order valence-electron chi connectivity index (χ2n) is 4.80. The first kappa shape index (κ1) is 11.2. The van der Waals surface area contributed by atoms with Gasteiger partial charge in [0.1, 0.15) is 0 Å². The summed E-state index contributed by atoms with van der Waals surface area (Å²) in [6, 6.07) is 0. The summed E-state index contributed by atoms with van der Waals surface area (Å²) >= 11 is 0. The number of hydrogen-bond donors (Lipinski definition) is 0. The van der Waals surface area contributed by atoms with Crippen molar-refractivity contribution < 1.29 is 9.47 Å². The molecule has 0 aliphatic heterocycles. The third-order valence-electron chi connectivity index (χ3n) is 3.34. The van der Waals surface area contributed by atoms with E-state index >= 15 is 0 Å². The molecule has 0 bridgehead atoms. The van der Waals surface area contributed by atoms with Crippen LogP contribution in [0.5, 0.6) is 0 Å². The smallest absolute Gasteiger partial charge is 0.0648 e. The summed E-state index contributed by atoms with van der Waals surface area (Å²) in [4.78, 5) is 0. The lowest BCUT2D eigenvalue weighted by Gasteiger charge is -2.28. The van der Waals surface area contributed by atoms with Crippen LogP contribution in [0.4, 0.5) is 0 Å². The van der Waals surface area contributed by atoms with Crippen molar-refractivity contribution >= 4 is 0 Å². The monoisotopic (exact) mass is 210 g/mol. The minimum Gasteiger partial charge on any atom is -0.378 e. The SMILES string of the molecule is C=CCOC1CCC(OCC2CC2)CC1. The molecule has 0 atom stereocenters. The highest BCUT2D eigenvalue weighted by atomic mass is 16.5. The quantitative estimate of drug-likeness (QED) is 0.628. The predicted molar refractivity (Wildman–Crippen MR) is 60.9 cm³/mol. The van der Waals surface area contributed by atoms with E-state index < -0.39 is 0 Å². The third kappa shape index (κ3) is 3.96. The van der Waals surface area contributed by atoms with Gasteiger partial charge in [-0.25, -0.2) is 0 Å². The summed E-state index contributed by atoms with van der Waals surface area (Å²) < 4.78 is 11.5. The highest BCUT2D eigenvalue weighted by Gasteiger charge is 2.26. The Morgan fingerprint density at radius 2 is 1.53 bits per heavy atom. The van der Waals surface area contributed by atoms with Crippen molar-refractivity contribution in [2.75, 3.05) is 13.2 Å². The maximum absolute atomic E-state index is 5.88. The first-order chi connectivity index (χ1) is 7.38. The van der Waals surface area contributed by atoms with Gasteiger partial charge in [-0.05, 0) is 44.4 Å². The van der Waals surface area contributed by atoms with Gasteiger partial charge in [-0.2, -0.15) is 0 Å². The summed E-state index contributed by atoms with van der Waals surface area (Å²) in [6.07, 6.45) is 10.2. The lowest BCUT2D eigenvalue weighted by molar-refractivity contribution is -0.0272. The minimum atomic E-state index is 0.448. The van der Waals surface area contributed by atoms with Crippen LogP contribution < -0.4 is 0 Å². The van der Waals surface area contributed by atoms with Crippen molar-refractivity contribution in [2.45, 2.75) is 50.7 Å². The zero-order chi connectivity index (χ0) is 10.5. The third-order valence-corrected chi connectivity index (χ3v) is 3.34. The first-order valence-electron chi connectivity index (χ1n) is 6.22. The number of hydrogen-bond acceptors (Lipinski definition) is 2. The Labute approximate surface area is 92.6 Å². The van der Waals surface area contributed by atoms with Crippen LogP contribution in [0.15, 0.2) is 12.7 Å². The molecule has 0 aromatic heterocycles. The van der Waals surface area contributed by atoms with Gasteiger partial charge in [-0.3, -0.25) is 0 Å². The Morgan fingerprint density at radius 3 is 2.07 bits per heavy atom. The Morgan fingerprint density at radius 1 is 0.933 bits per heavy atom. The van der Waals surface area contributed by atoms with Gasteiger partial charge in [-0.1, -0.05) is 6.08 Å². The van der Waals surface area contributed by atoms with Gasteiger partial charge in [0.2, 0.25) is 0 Å². The molecule has 0 aromatic carbocycles. The molecule has 2 saturated carbocycles. The molecule has 86 valence electrons. The van der Waals surface area contributed by atoms with Crippen LogP contribution >= 0.6 is 0 Å². The molecule has 0 saturated heterocycles. The van der Waals surface area contributed by atoms with Crippen molar-refractivity contribution in [3.05, 3.63) is 12.7 Å². The molecule has 2 fully saturated rings. The van der Waals surface area contributed by atoms with Crippen LogP contribution in [0.2, 0.25) is 0 Å². The average molecular weight is 210 g/mol. The standard InChI is InChI=1S/C13H22O2/c1-2-9-14-12-5-7-13(8-6-12)15-10-11-3-4-11/h2,11-13H,1,3-10H2. The van der Waals surface area contributed by atoms with Crippen molar-refractivity contribution in [3.63, 3.8) is 0 Å². The van der Waals surface area contributed by atoms with Gasteiger partial charge in [0.05, 0.1) is 18.8 Å². The van der Waals surface area contributed by atoms with Crippen molar-refractivity contribution in [3.8, 4) is 0 Å². The van der Waals surface area contributed by atoms with E-state index in [0.717, 1.165) is 25.4 Å². The van der Waals surface area contributed by atoms with Crippen LogP contribution in [-0.2, 0) is 9.47 Å². The summed E-state index contributed by atoms with van der Waals surface area (Å²) in [6.45, 7) is 5.36. The Balaban J connectivity index is 1.56. The summed E-state index contributed by atoms with van der Waals surface area (Å²) in [7, 11) is 0. The topological polar surface area (TPSA) is 18.5 Å². The normalized spacial score (nSPS) is 31.5. The van der Waals surface area contributed by atoms with E-state index in [-0.39, 0.29) is 0 Å². The molecule has 2 rings (SSSR count). The van der Waals surface area contributed by atoms with Gasteiger partial charge < -0.3 is 9.47 Å². The molecule has 15 heavy (non-hydrogen) atoms. The van der Waals surface area contributed by atoms with Crippen molar-refractivity contribution in [1.82, 2.24) is 0 Å². The van der Waals surface area contributed by atoms with Gasteiger partial charge in [0.25, 0.3) is 0 Å². The Hall–Kier alpha value is -0.340. The number of ether oxygens (including phenoxy) is 2. The van der Waals surface area contributed by atoms with Crippen LogP contribution in [0.25, 0.3) is 0 Å². The lowest BCUT2D eigenvalue weighted by Crippen LogP contribution is -2.27. The summed E-state index contributed by atoms with van der Waals surface area (Å²) in [5, 5.41) is 0. The fourth-order valence-corrected chi connectivity index (χ4v) is 2.13. The molecule has 0 spiro atoms. The Kier molecular flexibility index (Phi) is 4.21. The minimum absolute atomic E-state index is 0.448. The molecule has 0 radical (unpaired) electrons. The molecule has 0 N–H and O–H groups in total. The van der Waals surface area contributed by atoms with E-state index in [1.54, 1.807) is 0 Å². The molecule has 0 unspecified atom stereocenters. The Bertz CT molecular complexity index is 191. The fraction of sp³-hybridized carbons (Fsp3) is 0.846. The van der Waals surface area contributed by atoms with Crippen LogP contribution in [0, 0.1) is 5.92 Å². The lowest BCUT2D eigenvalue weighted by atomic mass is 9.95. The molecule has 2 heteroatoms. The molecular weight excluding hydrogens is 188 g/mol. The molecule has 2 aliphatic carbocycles. The van der Waals surface area contributed by atoms with E-state index in [4.69, 9.17) is 9.47 Å². The maximum Gasteiger partial charge on any atom is 0.0648 e. The van der Waals surface area contributed by atoms with E-state index in [9.17, 15) is 0 Å². The fourth-order valence-electron chi connectivity index (χ4n) is 2.13. The predicted octanol–water partition coefficient (Wildman–Crippen LogP) is 2.93. The molecule has 2 aliphatic rings. The van der Waals surface area contributed by atoms with Crippen LogP contribution in [-0.4, -0.2) is 25.4 Å². The highest BCUT2D eigenvalue weighted by Crippen LogP contribution is 2.31. The average Bonchev–Trinajstić information content (AvgIpc) is 3.09. The van der Waals surface area contributed by atoms with Crippen LogP contribution in [0.1, 0.15) is 38.5 Å². The molecule has 0 aromatic rings. The molecule has 2 nitrogen and oxygen atoms in total. The van der Waals surface area contributed by atoms with Gasteiger partial charge in [0.15, 0.2) is 0 Å².